The molecular formula is C22H26N4O3. The average molecular weight is 394 g/mol. The molecule has 1 aromatic carbocycles. The Balaban J connectivity index is 1.80. The molecule has 3 amide bonds. The van der Waals surface area contributed by atoms with Crippen molar-refractivity contribution in [3.8, 4) is 0 Å². The van der Waals surface area contributed by atoms with E-state index in [4.69, 9.17) is 5.73 Å². The van der Waals surface area contributed by atoms with Crippen molar-refractivity contribution in [1.29, 1.82) is 0 Å². The lowest BCUT2D eigenvalue weighted by molar-refractivity contribution is -0.146. The molecule has 3 N–H and O–H groups in total. The van der Waals surface area contributed by atoms with Crippen molar-refractivity contribution < 1.29 is 14.4 Å². The van der Waals surface area contributed by atoms with Crippen LogP contribution in [-0.4, -0.2) is 34.2 Å². The van der Waals surface area contributed by atoms with Crippen LogP contribution in [0.4, 0.5) is 5.69 Å². The van der Waals surface area contributed by atoms with Gasteiger partial charge in [-0.05, 0) is 36.8 Å². The summed E-state index contributed by atoms with van der Waals surface area (Å²) in [5.41, 5.74) is 7.48. The minimum Gasteiger partial charge on any atom is -0.366 e. The van der Waals surface area contributed by atoms with E-state index in [1.165, 1.54) is 12.3 Å². The van der Waals surface area contributed by atoms with Crippen LogP contribution in [0.25, 0.3) is 0 Å². The van der Waals surface area contributed by atoms with Crippen LogP contribution in [0, 0.1) is 5.92 Å². The van der Waals surface area contributed by atoms with E-state index in [-0.39, 0.29) is 17.3 Å². The van der Waals surface area contributed by atoms with Gasteiger partial charge in [-0.15, -0.1) is 0 Å². The number of rotatable bonds is 4. The van der Waals surface area contributed by atoms with E-state index < -0.39 is 17.7 Å². The molecule has 0 spiro atoms. The highest BCUT2D eigenvalue weighted by molar-refractivity contribution is 6.39. The molecule has 1 aliphatic heterocycles. The van der Waals surface area contributed by atoms with Gasteiger partial charge in [-0.3, -0.25) is 19.4 Å². The van der Waals surface area contributed by atoms with Gasteiger partial charge in [0, 0.05) is 6.54 Å². The number of aryl methyl sites for hydroxylation is 1. The number of aromatic nitrogens is 1. The van der Waals surface area contributed by atoms with Gasteiger partial charge < -0.3 is 16.0 Å². The van der Waals surface area contributed by atoms with Gasteiger partial charge in [-0.1, -0.05) is 44.2 Å². The van der Waals surface area contributed by atoms with Crippen molar-refractivity contribution >= 4 is 23.4 Å². The number of nitrogens with zero attached hydrogens (tertiary/aromatic N) is 2. The third-order valence-corrected chi connectivity index (χ3v) is 5.29. The van der Waals surface area contributed by atoms with Gasteiger partial charge in [0.2, 0.25) is 0 Å². The topological polar surface area (TPSA) is 105 Å². The molecule has 0 saturated carbocycles. The third kappa shape index (κ3) is 4.62. The van der Waals surface area contributed by atoms with Crippen LogP contribution in [0.15, 0.2) is 42.6 Å². The van der Waals surface area contributed by atoms with E-state index in [0.29, 0.717) is 24.6 Å². The summed E-state index contributed by atoms with van der Waals surface area (Å²) >= 11 is 0. The highest BCUT2D eigenvalue weighted by atomic mass is 16.2. The fourth-order valence-electron chi connectivity index (χ4n) is 3.77. The maximum absolute atomic E-state index is 13.0. The van der Waals surface area contributed by atoms with Gasteiger partial charge in [-0.2, -0.15) is 0 Å². The van der Waals surface area contributed by atoms with Crippen molar-refractivity contribution in [2.24, 2.45) is 11.7 Å². The van der Waals surface area contributed by atoms with Crippen molar-refractivity contribution in [3.63, 3.8) is 0 Å². The monoisotopic (exact) mass is 394 g/mol. The first kappa shape index (κ1) is 20.5. The summed E-state index contributed by atoms with van der Waals surface area (Å²) in [6, 6.07) is 11.1. The average Bonchev–Trinajstić information content (AvgIpc) is 2.73. The summed E-state index contributed by atoms with van der Waals surface area (Å²) in [6.45, 7) is 4.45. The zero-order valence-corrected chi connectivity index (χ0v) is 16.7. The largest absolute Gasteiger partial charge is 0.366 e. The first-order valence-electron chi connectivity index (χ1n) is 9.86. The number of anilines is 1. The quantitative estimate of drug-likeness (QED) is 0.778. The van der Waals surface area contributed by atoms with Crippen LogP contribution in [0.2, 0.25) is 0 Å². The molecule has 0 bridgehead atoms. The lowest BCUT2D eigenvalue weighted by Gasteiger charge is -2.38. The SMILES string of the molecule is CCc1ncc(NC(=O)C(=O)N2CC(C)CCC2c2ccccc2)cc1C(N)=O. The second kappa shape index (κ2) is 8.86. The Labute approximate surface area is 170 Å². The molecule has 2 aromatic rings. The molecule has 1 aromatic heterocycles. The summed E-state index contributed by atoms with van der Waals surface area (Å²) in [4.78, 5) is 43.1. The number of nitrogens with one attached hydrogen (secondary N) is 1. The van der Waals surface area contributed by atoms with Crippen molar-refractivity contribution in [2.45, 2.75) is 39.2 Å². The molecule has 0 aliphatic carbocycles. The van der Waals surface area contributed by atoms with Crippen molar-refractivity contribution in [3.05, 3.63) is 59.4 Å². The summed E-state index contributed by atoms with van der Waals surface area (Å²) < 4.78 is 0. The fourth-order valence-corrected chi connectivity index (χ4v) is 3.77. The Morgan fingerprint density at radius 1 is 1.21 bits per heavy atom. The van der Waals surface area contributed by atoms with Gasteiger partial charge in [0.05, 0.1) is 29.2 Å². The van der Waals surface area contributed by atoms with E-state index in [1.807, 2.05) is 37.3 Å². The molecule has 2 heterocycles. The van der Waals surface area contributed by atoms with Crippen LogP contribution in [0.1, 0.15) is 54.3 Å². The Hall–Kier alpha value is -3.22. The first-order chi connectivity index (χ1) is 13.9. The number of likely N-dealkylation sites (tertiary alicyclic amines) is 1. The number of hydrogen-bond acceptors (Lipinski definition) is 4. The predicted molar refractivity (Wildman–Crippen MR) is 110 cm³/mol. The van der Waals surface area contributed by atoms with Crippen LogP contribution >= 0.6 is 0 Å². The highest BCUT2D eigenvalue weighted by Gasteiger charge is 2.34. The van der Waals surface area contributed by atoms with Gasteiger partial charge in [0.15, 0.2) is 0 Å². The lowest BCUT2D eigenvalue weighted by atomic mass is 9.90. The Kier molecular flexibility index (Phi) is 6.26. The zero-order chi connectivity index (χ0) is 21.0. The Bertz CT molecular complexity index is 914. The van der Waals surface area contributed by atoms with Crippen molar-refractivity contribution in [1.82, 2.24) is 9.88 Å². The zero-order valence-electron chi connectivity index (χ0n) is 16.7. The van der Waals surface area contributed by atoms with Gasteiger partial charge >= 0.3 is 11.8 Å². The molecule has 29 heavy (non-hydrogen) atoms. The maximum atomic E-state index is 13.0. The van der Waals surface area contributed by atoms with Crippen LogP contribution in [0.3, 0.4) is 0 Å². The molecule has 1 fully saturated rings. The standard InChI is InChI=1S/C22H26N4O3/c1-3-18-17(20(23)27)11-16(12-24-18)25-21(28)22(29)26-13-14(2)9-10-19(26)15-7-5-4-6-8-15/h4-8,11-12,14,19H,3,9-10,13H2,1-2H3,(H2,23,27)(H,25,28). The predicted octanol–water partition coefficient (Wildman–Crippen LogP) is 2.68. The molecule has 3 rings (SSSR count). The molecule has 1 saturated heterocycles. The summed E-state index contributed by atoms with van der Waals surface area (Å²) in [6.07, 6.45) is 3.78. The highest BCUT2D eigenvalue weighted by Crippen LogP contribution is 2.33. The molecule has 2 atom stereocenters. The van der Waals surface area contributed by atoms with Crippen LogP contribution < -0.4 is 11.1 Å². The Morgan fingerprint density at radius 3 is 2.59 bits per heavy atom. The smallest absolute Gasteiger partial charge is 0.313 e. The van der Waals surface area contributed by atoms with Gasteiger partial charge in [0.1, 0.15) is 0 Å². The third-order valence-electron chi connectivity index (χ3n) is 5.29. The molecule has 1 aliphatic rings. The number of pyridine rings is 1. The normalized spacial score (nSPS) is 18.9. The molecule has 2 unspecified atom stereocenters. The van der Waals surface area contributed by atoms with E-state index in [2.05, 4.69) is 17.2 Å². The first-order valence-corrected chi connectivity index (χ1v) is 9.86. The molecule has 7 heteroatoms. The second-order valence-corrected chi connectivity index (χ2v) is 7.46. The minimum absolute atomic E-state index is 0.132. The molecule has 7 nitrogen and oxygen atoms in total. The number of carbonyl (C=O) groups excluding carboxylic acids is 3. The van der Waals surface area contributed by atoms with Crippen molar-refractivity contribution in [2.75, 3.05) is 11.9 Å². The van der Waals surface area contributed by atoms with Crippen LogP contribution in [0.5, 0.6) is 0 Å². The number of carbonyl (C=O) groups is 3. The summed E-state index contributed by atoms with van der Waals surface area (Å²) in [7, 11) is 0. The van der Waals surface area contributed by atoms with E-state index in [0.717, 1.165) is 18.4 Å². The van der Waals surface area contributed by atoms with Crippen LogP contribution in [-0.2, 0) is 16.0 Å². The minimum atomic E-state index is -0.749. The molecule has 0 radical (unpaired) electrons. The summed E-state index contributed by atoms with van der Waals surface area (Å²) in [5.74, 6) is -1.64. The summed E-state index contributed by atoms with van der Waals surface area (Å²) in [5, 5.41) is 2.57. The van der Waals surface area contributed by atoms with Gasteiger partial charge in [-0.25, -0.2) is 0 Å². The van der Waals surface area contributed by atoms with Gasteiger partial charge in [0.25, 0.3) is 5.91 Å². The van der Waals surface area contributed by atoms with E-state index >= 15 is 0 Å². The number of nitrogens with two attached hydrogens (primary N) is 1. The number of piperidine rings is 1. The number of benzene rings is 1. The second-order valence-electron chi connectivity index (χ2n) is 7.46. The molecule has 152 valence electrons. The Morgan fingerprint density at radius 2 is 1.93 bits per heavy atom. The molecular weight excluding hydrogens is 368 g/mol. The van der Waals surface area contributed by atoms with E-state index in [1.54, 1.807) is 4.90 Å². The van der Waals surface area contributed by atoms with E-state index in [9.17, 15) is 14.4 Å². The number of primary amides is 1. The fraction of sp³-hybridized carbons (Fsp3) is 0.364. The lowest BCUT2D eigenvalue weighted by Crippen LogP contribution is -2.46. The number of hydrogen-bond donors (Lipinski definition) is 2. The maximum Gasteiger partial charge on any atom is 0.313 e. The number of amides is 3.